The number of hydrogen-bond acceptors (Lipinski definition) is 0. The van der Waals surface area contributed by atoms with Gasteiger partial charge in [-0.1, -0.05) is 80.6 Å². The second-order valence-corrected chi connectivity index (χ2v) is 5.24. The molecule has 0 spiro atoms. The molecule has 0 atom stereocenters. The number of allylic oxidation sites excluding steroid dienone is 1. The summed E-state index contributed by atoms with van der Waals surface area (Å²) in [6.07, 6.45) is 10.8. The zero-order chi connectivity index (χ0) is 15.1. The van der Waals surface area contributed by atoms with Crippen LogP contribution >= 0.6 is 0 Å². The van der Waals surface area contributed by atoms with E-state index in [1.54, 1.807) is 0 Å². The van der Waals surface area contributed by atoms with E-state index >= 15 is 0 Å². The molecule has 0 nitrogen and oxygen atoms in total. The van der Waals surface area contributed by atoms with Crippen molar-refractivity contribution in [3.05, 3.63) is 76.4 Å². The maximum absolute atomic E-state index is 2.28. The molecule has 0 saturated carbocycles. The van der Waals surface area contributed by atoms with Crippen molar-refractivity contribution in [3.8, 4) is 0 Å². The van der Waals surface area contributed by atoms with Gasteiger partial charge in [-0.25, -0.2) is 0 Å². The molecule has 0 aliphatic heterocycles. The van der Waals surface area contributed by atoms with Crippen molar-refractivity contribution in [1.29, 1.82) is 0 Å². The molecule has 2 rings (SSSR count). The third-order valence-corrected chi connectivity index (χ3v) is 3.72. The first-order valence-corrected chi connectivity index (χ1v) is 7.79. The Morgan fingerprint density at radius 3 is 2.33 bits per heavy atom. The summed E-state index contributed by atoms with van der Waals surface area (Å²) in [4.78, 5) is 0. The Balaban J connectivity index is 2.27. The van der Waals surface area contributed by atoms with Gasteiger partial charge in [0, 0.05) is 0 Å². The average Bonchev–Trinajstić information content (AvgIpc) is 2.54. The Kier molecular flexibility index (Phi) is 5.57. The first-order chi connectivity index (χ1) is 10.3. The fourth-order valence-corrected chi connectivity index (χ4v) is 2.49. The zero-order valence-electron chi connectivity index (χ0n) is 13.3. The van der Waals surface area contributed by atoms with Crippen LogP contribution < -0.4 is 0 Å². The van der Waals surface area contributed by atoms with Gasteiger partial charge in [0.05, 0.1) is 0 Å². The van der Waals surface area contributed by atoms with Gasteiger partial charge in [0.15, 0.2) is 0 Å². The summed E-state index contributed by atoms with van der Waals surface area (Å²) in [6, 6.07) is 15.4. The minimum absolute atomic E-state index is 1.06. The Bertz CT molecular complexity index is 645. The maximum atomic E-state index is 2.28. The Morgan fingerprint density at radius 1 is 0.810 bits per heavy atom. The lowest BCUT2D eigenvalue weighted by atomic mass is 10.00. The van der Waals surface area contributed by atoms with Crippen molar-refractivity contribution in [2.75, 3.05) is 0 Å². The van der Waals surface area contributed by atoms with Crippen LogP contribution in [0.5, 0.6) is 0 Å². The van der Waals surface area contributed by atoms with E-state index in [0.29, 0.717) is 0 Å². The highest BCUT2D eigenvalue weighted by Crippen LogP contribution is 2.18. The fraction of sp³-hybridized carbons (Fsp3) is 0.238. The summed E-state index contributed by atoms with van der Waals surface area (Å²) in [5, 5.41) is 0. The Hall–Kier alpha value is -2.08. The van der Waals surface area contributed by atoms with Crippen LogP contribution in [0, 0.1) is 0 Å². The van der Waals surface area contributed by atoms with E-state index in [1.165, 1.54) is 27.8 Å². The van der Waals surface area contributed by atoms with Crippen molar-refractivity contribution in [3.63, 3.8) is 0 Å². The third-order valence-electron chi connectivity index (χ3n) is 3.72. The highest BCUT2D eigenvalue weighted by molar-refractivity contribution is 5.72. The van der Waals surface area contributed by atoms with Crippen molar-refractivity contribution >= 4 is 18.2 Å². The Morgan fingerprint density at radius 2 is 1.62 bits per heavy atom. The maximum Gasteiger partial charge on any atom is -0.0224 e. The summed E-state index contributed by atoms with van der Waals surface area (Å²) in [6.45, 7) is 6.46. The normalized spacial score (nSPS) is 11.6. The fourth-order valence-electron chi connectivity index (χ4n) is 2.49. The topological polar surface area (TPSA) is 0 Å². The van der Waals surface area contributed by atoms with Crippen LogP contribution in [0.4, 0.5) is 0 Å². The predicted octanol–water partition coefficient (Wildman–Crippen LogP) is 6.01. The Labute approximate surface area is 128 Å². The van der Waals surface area contributed by atoms with Crippen molar-refractivity contribution in [1.82, 2.24) is 0 Å². The van der Waals surface area contributed by atoms with E-state index in [1.807, 2.05) is 0 Å². The summed E-state index contributed by atoms with van der Waals surface area (Å²) >= 11 is 0. The molecule has 108 valence electrons. The molecule has 0 aliphatic rings. The molecule has 0 N–H and O–H groups in total. The molecule has 2 aromatic rings. The molecular weight excluding hydrogens is 252 g/mol. The molecule has 0 fully saturated rings. The smallest absolute Gasteiger partial charge is 0.0224 e. The van der Waals surface area contributed by atoms with Gasteiger partial charge in [-0.05, 0) is 47.6 Å². The van der Waals surface area contributed by atoms with Gasteiger partial charge in [-0.2, -0.15) is 0 Å². The lowest BCUT2D eigenvalue weighted by molar-refractivity contribution is 1.13. The highest BCUT2D eigenvalue weighted by Gasteiger charge is 1.99. The van der Waals surface area contributed by atoms with Crippen molar-refractivity contribution in [2.45, 2.75) is 33.6 Å². The zero-order valence-corrected chi connectivity index (χ0v) is 13.3. The van der Waals surface area contributed by atoms with Crippen LogP contribution in [0.3, 0.4) is 0 Å². The molecule has 0 bridgehead atoms. The number of rotatable bonds is 5. The molecule has 0 unspecified atom stereocenters. The van der Waals surface area contributed by atoms with E-state index in [9.17, 15) is 0 Å². The lowest BCUT2D eigenvalue weighted by Crippen LogP contribution is -1.87. The summed E-state index contributed by atoms with van der Waals surface area (Å²) in [7, 11) is 0. The lowest BCUT2D eigenvalue weighted by Gasteiger charge is -2.05. The van der Waals surface area contributed by atoms with Gasteiger partial charge in [0.1, 0.15) is 0 Å². The van der Waals surface area contributed by atoms with Crippen LogP contribution in [-0.4, -0.2) is 0 Å². The molecule has 0 aromatic heterocycles. The van der Waals surface area contributed by atoms with Gasteiger partial charge in [-0.3, -0.25) is 0 Å². The second-order valence-electron chi connectivity index (χ2n) is 5.24. The molecule has 21 heavy (non-hydrogen) atoms. The molecule has 0 amide bonds. The first kappa shape index (κ1) is 15.3. The first-order valence-electron chi connectivity index (χ1n) is 7.79. The molecule has 0 aliphatic carbocycles. The minimum atomic E-state index is 1.06. The quantitative estimate of drug-likeness (QED) is 0.586. The monoisotopic (exact) mass is 276 g/mol. The van der Waals surface area contributed by atoms with Crippen LogP contribution in [-0.2, 0) is 12.8 Å². The molecule has 0 heteroatoms. The number of hydrogen-bond donors (Lipinski definition) is 0. The highest BCUT2D eigenvalue weighted by atomic mass is 14.0. The van der Waals surface area contributed by atoms with Gasteiger partial charge in [0.25, 0.3) is 0 Å². The SMILES string of the molecule is CC=Cc1ccc(C=Cc2cccc(CC)c2)c(CC)c1. The molecule has 0 saturated heterocycles. The van der Waals surface area contributed by atoms with Crippen LogP contribution in [0.2, 0.25) is 0 Å². The molecular formula is C21H24. The van der Waals surface area contributed by atoms with E-state index in [4.69, 9.17) is 0 Å². The van der Waals surface area contributed by atoms with Crippen molar-refractivity contribution in [2.24, 2.45) is 0 Å². The van der Waals surface area contributed by atoms with E-state index in [0.717, 1.165) is 12.8 Å². The number of benzene rings is 2. The van der Waals surface area contributed by atoms with E-state index in [2.05, 4.69) is 87.5 Å². The average molecular weight is 276 g/mol. The predicted molar refractivity (Wildman–Crippen MR) is 95.3 cm³/mol. The molecule has 2 aromatic carbocycles. The number of aryl methyl sites for hydroxylation is 2. The van der Waals surface area contributed by atoms with Gasteiger partial charge >= 0.3 is 0 Å². The van der Waals surface area contributed by atoms with Crippen LogP contribution in [0.25, 0.3) is 18.2 Å². The van der Waals surface area contributed by atoms with Gasteiger partial charge < -0.3 is 0 Å². The van der Waals surface area contributed by atoms with Crippen LogP contribution in [0.1, 0.15) is 48.6 Å². The second kappa shape index (κ2) is 7.64. The van der Waals surface area contributed by atoms with E-state index < -0.39 is 0 Å². The molecule has 0 heterocycles. The van der Waals surface area contributed by atoms with E-state index in [-0.39, 0.29) is 0 Å². The standard InChI is InChI=1S/C21H24/c1-4-8-18-11-13-21(20(6-3)16-18)14-12-19-10-7-9-17(5-2)15-19/h4,7-16H,5-6H2,1-3H3. The summed E-state index contributed by atoms with van der Waals surface area (Å²) in [5.41, 5.74) is 6.64. The van der Waals surface area contributed by atoms with Crippen molar-refractivity contribution < 1.29 is 0 Å². The van der Waals surface area contributed by atoms with Gasteiger partial charge in [-0.15, -0.1) is 0 Å². The summed E-state index contributed by atoms with van der Waals surface area (Å²) < 4.78 is 0. The van der Waals surface area contributed by atoms with Crippen LogP contribution in [0.15, 0.2) is 48.5 Å². The molecule has 0 radical (unpaired) electrons. The third kappa shape index (κ3) is 4.19. The summed E-state index contributed by atoms with van der Waals surface area (Å²) in [5.74, 6) is 0. The van der Waals surface area contributed by atoms with Gasteiger partial charge in [0.2, 0.25) is 0 Å². The minimum Gasteiger partial charge on any atom is -0.0871 e. The largest absolute Gasteiger partial charge is 0.0871 e.